The molecule has 0 aromatic carbocycles. The van der Waals surface area contributed by atoms with E-state index in [1.54, 1.807) is 0 Å². The van der Waals surface area contributed by atoms with E-state index in [0.29, 0.717) is 0 Å². The summed E-state index contributed by atoms with van der Waals surface area (Å²) in [4.78, 5) is 32.1. The summed E-state index contributed by atoms with van der Waals surface area (Å²) in [6.45, 7) is 2.55. The first kappa shape index (κ1) is 39.5. The Morgan fingerprint density at radius 3 is 1.88 bits per heavy atom. The van der Waals surface area contributed by atoms with Crippen molar-refractivity contribution in [1.82, 2.24) is 5.32 Å². The van der Waals surface area contributed by atoms with Crippen molar-refractivity contribution in [1.29, 1.82) is 0 Å². The number of rotatable bonds is 29. The molecule has 0 radical (unpaired) electrons. The van der Waals surface area contributed by atoms with Crippen LogP contribution in [-0.4, -0.2) is 54.3 Å². The van der Waals surface area contributed by atoms with Gasteiger partial charge in [-0.2, -0.15) is 0 Å². The highest BCUT2D eigenvalue weighted by molar-refractivity contribution is 7.47. The molecule has 0 aliphatic heterocycles. The molecule has 3 N–H and O–H groups in total. The summed E-state index contributed by atoms with van der Waals surface area (Å²) < 4.78 is 26.0. The highest BCUT2D eigenvalue weighted by atomic mass is 31.2. The summed E-state index contributed by atoms with van der Waals surface area (Å²) in [5, 5.41) is 12.2. The van der Waals surface area contributed by atoms with Gasteiger partial charge < -0.3 is 20.1 Å². The summed E-state index contributed by atoms with van der Waals surface area (Å²) in [5.74, 6) is -0.699. The van der Waals surface area contributed by atoms with E-state index in [2.05, 4.69) is 45.6 Å². The van der Waals surface area contributed by atoms with E-state index in [1.807, 2.05) is 0 Å². The molecule has 0 bridgehead atoms. The van der Waals surface area contributed by atoms with Crippen LogP contribution in [0.2, 0.25) is 0 Å². The van der Waals surface area contributed by atoms with Crippen molar-refractivity contribution in [3.8, 4) is 0 Å². The van der Waals surface area contributed by atoms with Crippen LogP contribution in [0, 0.1) is 0 Å². The van der Waals surface area contributed by atoms with Crippen LogP contribution < -0.4 is 5.32 Å². The summed E-state index contributed by atoms with van der Waals surface area (Å²) in [6.07, 6.45) is 28.7. The normalized spacial score (nSPS) is 14.0. The maximum absolute atomic E-state index is 11.8. The van der Waals surface area contributed by atoms with Crippen molar-refractivity contribution >= 4 is 19.7 Å². The van der Waals surface area contributed by atoms with Gasteiger partial charge in [-0.1, -0.05) is 102 Å². The molecule has 1 amide bonds. The molecule has 0 spiro atoms. The minimum absolute atomic E-state index is 0.0555. The van der Waals surface area contributed by atoms with E-state index >= 15 is 0 Å². The highest BCUT2D eigenvalue weighted by Gasteiger charge is 2.23. The van der Waals surface area contributed by atoms with Crippen LogP contribution in [0.15, 0.2) is 24.3 Å². The molecule has 0 aromatic heterocycles. The van der Waals surface area contributed by atoms with E-state index < -0.39 is 26.5 Å². The van der Waals surface area contributed by atoms with E-state index in [4.69, 9.17) is 4.74 Å². The van der Waals surface area contributed by atoms with Gasteiger partial charge >= 0.3 is 13.8 Å². The lowest BCUT2D eigenvalue weighted by molar-refractivity contribution is -0.147. The number of hydrogen-bond donors (Lipinski definition) is 3. The van der Waals surface area contributed by atoms with Gasteiger partial charge in [0.1, 0.15) is 12.7 Å². The number of esters is 1. The third-order valence-corrected chi connectivity index (χ3v) is 7.41. The summed E-state index contributed by atoms with van der Waals surface area (Å²) in [5.41, 5.74) is 0. The van der Waals surface area contributed by atoms with Crippen molar-refractivity contribution < 1.29 is 37.9 Å². The molecule has 10 heteroatoms. The van der Waals surface area contributed by atoms with Crippen LogP contribution in [0.1, 0.15) is 129 Å². The Hall–Kier alpha value is -1.51. The number of phosphoric ester groups is 1. The highest BCUT2D eigenvalue weighted by Crippen LogP contribution is 2.42. The standard InChI is InChI=1S/C31H58NO8P/c1-3-4-5-6-7-8-9-10-11-12-13-14-15-16-17-18-19-20-21-22-23-24-31(35)38-27-30(34)28-40-41(36,37)39-26-25-32-29(2)33/h7-8,10-11,30,34H,3-6,9,12-28H2,1-2H3,(H,32,33)(H,36,37)/b8-7-,11-10-. The first-order valence-corrected chi connectivity index (χ1v) is 17.3. The van der Waals surface area contributed by atoms with E-state index in [1.165, 1.54) is 90.4 Å². The van der Waals surface area contributed by atoms with E-state index in [0.717, 1.165) is 25.7 Å². The average molecular weight is 604 g/mol. The topological polar surface area (TPSA) is 131 Å². The zero-order valence-corrected chi connectivity index (χ0v) is 26.6. The van der Waals surface area contributed by atoms with Crippen LogP contribution in [0.4, 0.5) is 0 Å². The largest absolute Gasteiger partial charge is 0.472 e. The summed E-state index contributed by atoms with van der Waals surface area (Å²) >= 11 is 0. The van der Waals surface area contributed by atoms with Gasteiger partial charge in [-0.3, -0.25) is 18.6 Å². The minimum Gasteiger partial charge on any atom is -0.463 e. The predicted octanol–water partition coefficient (Wildman–Crippen LogP) is 7.31. The maximum atomic E-state index is 11.8. The molecule has 2 unspecified atom stereocenters. The smallest absolute Gasteiger partial charge is 0.463 e. The lowest BCUT2D eigenvalue weighted by Gasteiger charge is -2.15. The number of amides is 1. The molecule has 240 valence electrons. The van der Waals surface area contributed by atoms with Crippen molar-refractivity contribution in [2.24, 2.45) is 0 Å². The quantitative estimate of drug-likeness (QED) is 0.0351. The molecule has 0 rings (SSSR count). The average Bonchev–Trinajstić information content (AvgIpc) is 2.94. The lowest BCUT2D eigenvalue weighted by atomic mass is 10.0. The van der Waals surface area contributed by atoms with Crippen molar-refractivity contribution in [3.63, 3.8) is 0 Å². The van der Waals surface area contributed by atoms with E-state index in [9.17, 15) is 24.2 Å². The van der Waals surface area contributed by atoms with Gasteiger partial charge in [0, 0.05) is 19.9 Å². The molecule has 9 nitrogen and oxygen atoms in total. The molecule has 0 saturated heterocycles. The fourth-order valence-electron chi connectivity index (χ4n) is 4.06. The zero-order valence-electron chi connectivity index (χ0n) is 25.7. The fourth-order valence-corrected chi connectivity index (χ4v) is 4.81. The van der Waals surface area contributed by atoms with Gasteiger partial charge in [-0.25, -0.2) is 4.57 Å². The number of carbonyl (C=O) groups is 2. The first-order valence-electron chi connectivity index (χ1n) is 15.8. The van der Waals surface area contributed by atoms with Crippen LogP contribution in [0.3, 0.4) is 0 Å². The second-order valence-electron chi connectivity index (χ2n) is 10.5. The van der Waals surface area contributed by atoms with Gasteiger partial charge in [-0.15, -0.1) is 0 Å². The van der Waals surface area contributed by atoms with Crippen molar-refractivity contribution in [2.75, 3.05) is 26.4 Å². The predicted molar refractivity (Wildman–Crippen MR) is 164 cm³/mol. The molecule has 2 atom stereocenters. The van der Waals surface area contributed by atoms with Gasteiger partial charge in [-0.05, 0) is 38.5 Å². The number of aliphatic hydroxyl groups excluding tert-OH is 1. The Morgan fingerprint density at radius 2 is 1.32 bits per heavy atom. The van der Waals surface area contributed by atoms with Crippen LogP contribution in [0.25, 0.3) is 0 Å². The van der Waals surface area contributed by atoms with E-state index in [-0.39, 0.29) is 32.1 Å². The molecule has 41 heavy (non-hydrogen) atoms. The van der Waals surface area contributed by atoms with Crippen molar-refractivity contribution in [2.45, 2.75) is 136 Å². The van der Waals surface area contributed by atoms with Crippen LogP contribution >= 0.6 is 7.82 Å². The summed E-state index contributed by atoms with van der Waals surface area (Å²) in [6, 6.07) is 0. The van der Waals surface area contributed by atoms with Gasteiger partial charge in [0.2, 0.25) is 5.91 Å². The molecular formula is C31H58NO8P. The fraction of sp³-hybridized carbons (Fsp3) is 0.806. The van der Waals surface area contributed by atoms with Crippen LogP contribution in [0.5, 0.6) is 0 Å². The molecule has 0 aliphatic carbocycles. The lowest BCUT2D eigenvalue weighted by Crippen LogP contribution is -2.25. The molecular weight excluding hydrogens is 545 g/mol. The molecule has 0 fully saturated rings. The monoisotopic (exact) mass is 603 g/mol. The third kappa shape index (κ3) is 31.3. The van der Waals surface area contributed by atoms with Gasteiger partial charge in [0.05, 0.1) is 13.2 Å². The van der Waals surface area contributed by atoms with Gasteiger partial charge in [0.25, 0.3) is 0 Å². The number of aliphatic hydroxyl groups is 1. The zero-order chi connectivity index (χ0) is 30.4. The molecule has 0 heterocycles. The second-order valence-corrected chi connectivity index (χ2v) is 12.0. The summed E-state index contributed by atoms with van der Waals surface area (Å²) in [7, 11) is -4.36. The Bertz CT molecular complexity index is 744. The van der Waals surface area contributed by atoms with Gasteiger partial charge in [0.15, 0.2) is 0 Å². The second kappa shape index (κ2) is 28.6. The number of carbonyl (C=O) groups excluding carboxylic acids is 2. The minimum atomic E-state index is -4.36. The van der Waals surface area contributed by atoms with Crippen molar-refractivity contribution in [3.05, 3.63) is 24.3 Å². The number of unbranched alkanes of at least 4 members (excludes halogenated alkanes) is 14. The third-order valence-electron chi connectivity index (χ3n) is 6.43. The Morgan fingerprint density at radius 1 is 0.780 bits per heavy atom. The Kier molecular flexibility index (Phi) is 27.5. The first-order chi connectivity index (χ1) is 19.8. The molecule has 0 saturated carbocycles. The number of nitrogens with one attached hydrogen (secondary N) is 1. The maximum Gasteiger partial charge on any atom is 0.472 e. The number of allylic oxidation sites excluding steroid dienone is 4. The Balaban J connectivity index is 3.47. The Labute approximate surface area is 249 Å². The molecule has 0 aromatic rings. The number of phosphoric acid groups is 1. The number of hydrogen-bond acceptors (Lipinski definition) is 7. The molecule has 0 aliphatic rings. The number of ether oxygens (including phenoxy) is 1. The SMILES string of the molecule is CCCCC/C=C\C/C=C\CCCCCCCCCCCCCC(=O)OCC(O)COP(=O)(O)OCCNC(C)=O. The van der Waals surface area contributed by atoms with Crippen LogP contribution in [-0.2, 0) is 27.9 Å².